The van der Waals surface area contributed by atoms with E-state index in [9.17, 15) is 4.79 Å². The van der Waals surface area contributed by atoms with Crippen LogP contribution in [0.4, 0.5) is 5.69 Å². The second kappa shape index (κ2) is 8.23. The van der Waals surface area contributed by atoms with Gasteiger partial charge in [-0.15, -0.1) is 0 Å². The van der Waals surface area contributed by atoms with Crippen LogP contribution < -0.4 is 14.4 Å². The summed E-state index contributed by atoms with van der Waals surface area (Å²) in [6.45, 7) is 2.17. The van der Waals surface area contributed by atoms with Crippen molar-refractivity contribution in [1.82, 2.24) is 4.90 Å². The Balaban J connectivity index is 1.65. The van der Waals surface area contributed by atoms with Crippen molar-refractivity contribution in [3.63, 3.8) is 0 Å². The smallest absolute Gasteiger partial charge is 0.240 e. The van der Waals surface area contributed by atoms with Gasteiger partial charge >= 0.3 is 0 Å². The first-order valence-electron chi connectivity index (χ1n) is 8.89. The van der Waals surface area contributed by atoms with Crippen LogP contribution in [0.25, 0.3) is 0 Å². The lowest BCUT2D eigenvalue weighted by Gasteiger charge is -2.22. The van der Waals surface area contributed by atoms with Crippen LogP contribution in [0.1, 0.15) is 17.9 Å². The third kappa shape index (κ3) is 3.83. The molecule has 1 saturated heterocycles. The van der Waals surface area contributed by atoms with E-state index in [0.29, 0.717) is 12.5 Å². The average molecular weight is 354 g/mol. The predicted molar refractivity (Wildman–Crippen MR) is 103 cm³/mol. The van der Waals surface area contributed by atoms with E-state index < -0.39 is 0 Å². The van der Waals surface area contributed by atoms with Gasteiger partial charge in [-0.05, 0) is 31.2 Å². The molecule has 1 amide bonds. The van der Waals surface area contributed by atoms with Gasteiger partial charge in [0.15, 0.2) is 11.5 Å². The summed E-state index contributed by atoms with van der Waals surface area (Å²) >= 11 is 0. The minimum absolute atomic E-state index is 0.106. The summed E-state index contributed by atoms with van der Waals surface area (Å²) in [4.78, 5) is 16.5. The van der Waals surface area contributed by atoms with Gasteiger partial charge in [-0.1, -0.05) is 30.3 Å². The van der Waals surface area contributed by atoms with Crippen LogP contribution in [-0.2, 0) is 4.79 Å². The number of carbonyl (C=O) groups excluding carboxylic acids is 1. The zero-order valence-electron chi connectivity index (χ0n) is 15.6. The number of anilines is 1. The van der Waals surface area contributed by atoms with Gasteiger partial charge in [0.1, 0.15) is 0 Å². The minimum atomic E-state index is 0.106. The lowest BCUT2D eigenvalue weighted by molar-refractivity contribution is -0.119. The molecule has 26 heavy (non-hydrogen) atoms. The third-order valence-electron chi connectivity index (χ3n) is 5.02. The van der Waals surface area contributed by atoms with Crippen LogP contribution in [0.15, 0.2) is 48.5 Å². The molecule has 0 radical (unpaired) electrons. The zero-order valence-corrected chi connectivity index (χ0v) is 15.6. The Kier molecular flexibility index (Phi) is 5.78. The molecule has 3 rings (SSSR count). The van der Waals surface area contributed by atoms with Crippen molar-refractivity contribution >= 4 is 11.6 Å². The third-order valence-corrected chi connectivity index (χ3v) is 5.02. The van der Waals surface area contributed by atoms with Crippen LogP contribution in [0.3, 0.4) is 0 Å². The molecule has 0 saturated carbocycles. The number of rotatable bonds is 6. The Morgan fingerprint density at radius 1 is 1.12 bits per heavy atom. The maximum atomic E-state index is 12.6. The first-order chi connectivity index (χ1) is 12.6. The van der Waals surface area contributed by atoms with E-state index in [-0.39, 0.29) is 5.91 Å². The number of benzene rings is 2. The number of nitrogens with zero attached hydrogens (tertiary/aromatic N) is 2. The molecule has 1 aliphatic rings. The standard InChI is InChI=1S/C21H26N2O3/c1-22(17-8-5-4-6-9-17)20(24)15-23-13-12-16(14-23)18-10-7-11-19(25-2)21(18)26-3/h4-11,16H,12-15H2,1-3H3. The van der Waals surface area contributed by atoms with E-state index >= 15 is 0 Å². The molecule has 138 valence electrons. The normalized spacial score (nSPS) is 17.1. The lowest BCUT2D eigenvalue weighted by Crippen LogP contribution is -2.37. The molecule has 5 nitrogen and oxygen atoms in total. The van der Waals surface area contributed by atoms with Crippen molar-refractivity contribution in [2.45, 2.75) is 12.3 Å². The van der Waals surface area contributed by atoms with E-state index in [1.54, 1.807) is 19.1 Å². The quantitative estimate of drug-likeness (QED) is 0.799. The molecule has 1 atom stereocenters. The molecular weight excluding hydrogens is 328 g/mol. The first-order valence-corrected chi connectivity index (χ1v) is 8.89. The predicted octanol–water partition coefficient (Wildman–Crippen LogP) is 3.16. The highest BCUT2D eigenvalue weighted by molar-refractivity contribution is 5.94. The van der Waals surface area contributed by atoms with Crippen molar-refractivity contribution in [2.24, 2.45) is 0 Å². The fourth-order valence-corrected chi connectivity index (χ4v) is 3.56. The van der Waals surface area contributed by atoms with E-state index in [0.717, 1.165) is 42.3 Å². The molecule has 1 heterocycles. The Labute approximate surface area is 155 Å². The SMILES string of the molecule is COc1cccc(C2CCN(CC(=O)N(C)c3ccccc3)C2)c1OC. The number of carbonyl (C=O) groups is 1. The molecular formula is C21H26N2O3. The van der Waals surface area contributed by atoms with Gasteiger partial charge in [0, 0.05) is 30.8 Å². The Hall–Kier alpha value is -2.53. The number of amides is 1. The summed E-state index contributed by atoms with van der Waals surface area (Å²) in [7, 11) is 5.16. The second-order valence-electron chi connectivity index (χ2n) is 6.59. The van der Waals surface area contributed by atoms with Crippen molar-refractivity contribution in [3.05, 3.63) is 54.1 Å². The molecule has 0 N–H and O–H groups in total. The van der Waals surface area contributed by atoms with Gasteiger partial charge in [-0.3, -0.25) is 9.69 Å². The fraction of sp³-hybridized carbons (Fsp3) is 0.381. The second-order valence-corrected chi connectivity index (χ2v) is 6.59. The van der Waals surface area contributed by atoms with Crippen LogP contribution in [0, 0.1) is 0 Å². The van der Waals surface area contributed by atoms with E-state index in [4.69, 9.17) is 9.47 Å². The summed E-state index contributed by atoms with van der Waals surface area (Å²) in [6, 6.07) is 15.7. The minimum Gasteiger partial charge on any atom is -0.493 e. The molecule has 0 spiro atoms. The number of ether oxygens (including phenoxy) is 2. The Bertz CT molecular complexity index is 748. The highest BCUT2D eigenvalue weighted by Crippen LogP contribution is 2.39. The monoisotopic (exact) mass is 354 g/mol. The Morgan fingerprint density at radius 2 is 1.88 bits per heavy atom. The maximum Gasteiger partial charge on any atom is 0.240 e. The van der Waals surface area contributed by atoms with Crippen LogP contribution in [-0.4, -0.2) is 51.7 Å². The largest absolute Gasteiger partial charge is 0.493 e. The number of hydrogen-bond acceptors (Lipinski definition) is 4. The highest BCUT2D eigenvalue weighted by Gasteiger charge is 2.29. The van der Waals surface area contributed by atoms with Crippen molar-refractivity contribution in [2.75, 3.05) is 45.8 Å². The lowest BCUT2D eigenvalue weighted by atomic mass is 9.97. The Morgan fingerprint density at radius 3 is 2.58 bits per heavy atom. The maximum absolute atomic E-state index is 12.6. The van der Waals surface area contributed by atoms with Crippen molar-refractivity contribution in [1.29, 1.82) is 0 Å². The molecule has 1 unspecified atom stereocenters. The molecule has 2 aromatic carbocycles. The zero-order chi connectivity index (χ0) is 18.5. The summed E-state index contributed by atoms with van der Waals surface area (Å²) in [6.07, 6.45) is 1.01. The van der Waals surface area contributed by atoms with Gasteiger partial charge in [0.05, 0.1) is 20.8 Å². The number of methoxy groups -OCH3 is 2. The van der Waals surface area contributed by atoms with E-state index in [2.05, 4.69) is 11.0 Å². The fourth-order valence-electron chi connectivity index (χ4n) is 3.56. The molecule has 1 aliphatic heterocycles. The van der Waals surface area contributed by atoms with Crippen LogP contribution >= 0.6 is 0 Å². The average Bonchev–Trinajstić information content (AvgIpc) is 3.15. The number of hydrogen-bond donors (Lipinski definition) is 0. The van der Waals surface area contributed by atoms with E-state index in [1.165, 1.54) is 0 Å². The van der Waals surface area contributed by atoms with Gasteiger partial charge in [0.2, 0.25) is 5.91 Å². The first kappa shape index (κ1) is 18.3. The van der Waals surface area contributed by atoms with Crippen molar-refractivity contribution < 1.29 is 14.3 Å². The molecule has 2 aromatic rings. The van der Waals surface area contributed by atoms with Gasteiger partial charge in [0.25, 0.3) is 0 Å². The number of likely N-dealkylation sites (tertiary alicyclic amines) is 1. The van der Waals surface area contributed by atoms with Crippen molar-refractivity contribution in [3.8, 4) is 11.5 Å². The summed E-state index contributed by atoms with van der Waals surface area (Å²) in [5, 5.41) is 0. The van der Waals surface area contributed by atoms with Crippen LogP contribution in [0.2, 0.25) is 0 Å². The molecule has 0 aromatic heterocycles. The van der Waals surface area contributed by atoms with Gasteiger partial charge in [-0.2, -0.15) is 0 Å². The van der Waals surface area contributed by atoms with Gasteiger partial charge < -0.3 is 14.4 Å². The summed E-state index contributed by atoms with van der Waals surface area (Å²) in [5.41, 5.74) is 2.07. The number of para-hydroxylation sites is 2. The summed E-state index contributed by atoms with van der Waals surface area (Å²) < 4.78 is 11.0. The number of likely N-dealkylation sites (N-methyl/N-ethyl adjacent to an activating group) is 1. The van der Waals surface area contributed by atoms with Gasteiger partial charge in [-0.25, -0.2) is 0 Å². The molecule has 0 bridgehead atoms. The van der Waals surface area contributed by atoms with E-state index in [1.807, 2.05) is 49.5 Å². The molecule has 0 aliphatic carbocycles. The molecule has 1 fully saturated rings. The topological polar surface area (TPSA) is 42.0 Å². The summed E-state index contributed by atoms with van der Waals surface area (Å²) in [5.74, 6) is 2.00. The highest BCUT2D eigenvalue weighted by atomic mass is 16.5. The molecule has 5 heteroatoms. The van der Waals surface area contributed by atoms with Crippen LogP contribution in [0.5, 0.6) is 11.5 Å².